The predicted octanol–water partition coefficient (Wildman–Crippen LogP) is 5.78. The number of methoxy groups -OCH3 is 2. The second-order valence-corrected chi connectivity index (χ2v) is 10.2. The fraction of sp³-hybridized carbons (Fsp3) is 0.226. The largest absolute Gasteiger partial charge is 0.497 e. The Labute approximate surface area is 237 Å². The summed E-state index contributed by atoms with van der Waals surface area (Å²) >= 11 is 1.23. The Morgan fingerprint density at radius 2 is 1.75 bits per heavy atom. The van der Waals surface area contributed by atoms with Gasteiger partial charge in [0.1, 0.15) is 34.2 Å². The summed E-state index contributed by atoms with van der Waals surface area (Å²) in [5, 5.41) is 20.1. The molecule has 1 aromatic heterocycles. The zero-order chi connectivity index (χ0) is 28.8. The number of hydrogen-bond acceptors (Lipinski definition) is 9. The van der Waals surface area contributed by atoms with Crippen LogP contribution in [-0.4, -0.2) is 30.9 Å². The Kier molecular flexibility index (Phi) is 8.78. The molecule has 2 heterocycles. The summed E-state index contributed by atoms with van der Waals surface area (Å²) in [6.07, 6.45) is 0. The number of carbonyl (C=O) groups is 1. The molecule has 1 unspecified atom stereocenters. The van der Waals surface area contributed by atoms with Gasteiger partial charge in [-0.25, -0.2) is 9.78 Å². The number of pyridine rings is 1. The van der Waals surface area contributed by atoms with E-state index >= 15 is 0 Å². The molecule has 0 fully saturated rings. The first kappa shape index (κ1) is 28.3. The summed E-state index contributed by atoms with van der Waals surface area (Å²) in [4.78, 5) is 17.8. The Morgan fingerprint density at radius 3 is 2.33 bits per heavy atom. The standard InChI is InChI=1S/C31H28N4O4S/c1-18(2)19-5-7-21(8-6-19)27-24(16-33)29(34)39-26(28(27)31(36)38-4)17-40-30-22(15-32)11-14-25(35-30)20-9-12-23(37-3)13-10-20/h5-14,18,27H,17,34H2,1-4H3. The predicted molar refractivity (Wildman–Crippen MR) is 152 cm³/mol. The number of carbonyl (C=O) groups excluding carboxylic acids is 1. The minimum atomic E-state index is -0.767. The summed E-state index contributed by atoms with van der Waals surface area (Å²) in [7, 11) is 2.88. The summed E-state index contributed by atoms with van der Waals surface area (Å²) in [5.74, 6) is -0.0716. The van der Waals surface area contributed by atoms with Crippen molar-refractivity contribution in [1.29, 1.82) is 10.5 Å². The van der Waals surface area contributed by atoms with Gasteiger partial charge in [0.25, 0.3) is 0 Å². The number of thioether (sulfide) groups is 1. The average molecular weight is 553 g/mol. The number of esters is 1. The fourth-order valence-corrected chi connectivity index (χ4v) is 5.27. The molecule has 2 aromatic carbocycles. The maximum Gasteiger partial charge on any atom is 0.338 e. The van der Waals surface area contributed by atoms with Crippen LogP contribution in [0, 0.1) is 22.7 Å². The van der Waals surface area contributed by atoms with E-state index in [1.54, 1.807) is 19.2 Å². The van der Waals surface area contributed by atoms with Gasteiger partial charge in [-0.2, -0.15) is 10.5 Å². The molecule has 1 aliphatic heterocycles. The first-order chi connectivity index (χ1) is 19.3. The quantitative estimate of drug-likeness (QED) is 0.273. The van der Waals surface area contributed by atoms with E-state index in [1.165, 1.54) is 18.9 Å². The van der Waals surface area contributed by atoms with E-state index < -0.39 is 11.9 Å². The molecule has 1 atom stereocenters. The summed E-state index contributed by atoms with van der Waals surface area (Å²) in [6.45, 7) is 4.18. The molecule has 9 heteroatoms. The van der Waals surface area contributed by atoms with Gasteiger partial charge < -0.3 is 19.9 Å². The number of allylic oxidation sites excluding steroid dienone is 1. The van der Waals surface area contributed by atoms with Gasteiger partial charge in [0.05, 0.1) is 42.7 Å². The van der Waals surface area contributed by atoms with Gasteiger partial charge in [-0.3, -0.25) is 0 Å². The normalized spacial score (nSPS) is 14.8. The zero-order valence-electron chi connectivity index (χ0n) is 22.6. The number of rotatable bonds is 8. The van der Waals surface area contributed by atoms with E-state index in [1.807, 2.05) is 48.5 Å². The van der Waals surface area contributed by atoms with Gasteiger partial charge in [-0.05, 0) is 53.4 Å². The van der Waals surface area contributed by atoms with Crippen molar-refractivity contribution in [3.8, 4) is 29.1 Å². The lowest BCUT2D eigenvalue weighted by molar-refractivity contribution is -0.136. The molecule has 8 nitrogen and oxygen atoms in total. The number of nitrogens with two attached hydrogens (primary N) is 1. The van der Waals surface area contributed by atoms with Gasteiger partial charge in [0.2, 0.25) is 5.88 Å². The van der Waals surface area contributed by atoms with Crippen molar-refractivity contribution >= 4 is 17.7 Å². The number of ether oxygens (including phenoxy) is 3. The van der Waals surface area contributed by atoms with Gasteiger partial charge in [0.15, 0.2) is 0 Å². The van der Waals surface area contributed by atoms with Crippen LogP contribution in [0.5, 0.6) is 5.75 Å². The molecule has 4 rings (SSSR count). The number of aromatic nitrogens is 1. The molecule has 0 bridgehead atoms. The summed E-state index contributed by atoms with van der Waals surface area (Å²) < 4.78 is 16.2. The molecular formula is C31H28N4O4S. The van der Waals surface area contributed by atoms with E-state index in [0.29, 0.717) is 27.8 Å². The molecule has 0 aliphatic carbocycles. The van der Waals surface area contributed by atoms with Crippen molar-refractivity contribution in [1.82, 2.24) is 4.98 Å². The molecule has 0 saturated heterocycles. The molecule has 1 aliphatic rings. The van der Waals surface area contributed by atoms with Gasteiger partial charge >= 0.3 is 5.97 Å². The molecule has 40 heavy (non-hydrogen) atoms. The third-order valence-corrected chi connectivity index (χ3v) is 7.54. The highest BCUT2D eigenvalue weighted by molar-refractivity contribution is 7.99. The molecule has 2 N–H and O–H groups in total. The van der Waals surface area contributed by atoms with Crippen LogP contribution in [0.1, 0.15) is 42.4 Å². The Bertz CT molecular complexity index is 1560. The van der Waals surface area contributed by atoms with Crippen molar-refractivity contribution in [2.75, 3.05) is 20.0 Å². The Balaban J connectivity index is 1.73. The molecule has 0 saturated carbocycles. The lowest BCUT2D eigenvalue weighted by Gasteiger charge is -2.28. The third kappa shape index (κ3) is 5.80. The fourth-order valence-electron chi connectivity index (χ4n) is 4.36. The van der Waals surface area contributed by atoms with Crippen LogP contribution in [-0.2, 0) is 14.3 Å². The van der Waals surface area contributed by atoms with Gasteiger partial charge in [0, 0.05) is 5.56 Å². The highest BCUT2D eigenvalue weighted by Crippen LogP contribution is 2.41. The summed E-state index contributed by atoms with van der Waals surface area (Å²) in [6, 6.07) is 22.9. The van der Waals surface area contributed by atoms with Crippen molar-refractivity contribution in [2.45, 2.75) is 30.7 Å². The number of hydrogen-bond donors (Lipinski definition) is 1. The SMILES string of the molecule is COC(=O)C1=C(CSc2nc(-c3ccc(OC)cc3)ccc2C#N)OC(N)=C(C#N)C1c1ccc(C(C)C)cc1. The van der Waals surface area contributed by atoms with Crippen LogP contribution in [0.2, 0.25) is 0 Å². The second kappa shape index (κ2) is 12.4. The monoisotopic (exact) mass is 552 g/mol. The van der Waals surface area contributed by atoms with Crippen LogP contribution >= 0.6 is 11.8 Å². The number of benzene rings is 2. The van der Waals surface area contributed by atoms with Crippen molar-refractivity contribution in [2.24, 2.45) is 5.73 Å². The van der Waals surface area contributed by atoms with Crippen LogP contribution in [0.25, 0.3) is 11.3 Å². The van der Waals surface area contributed by atoms with Crippen molar-refractivity contribution in [3.05, 3.63) is 100 Å². The van der Waals surface area contributed by atoms with Gasteiger partial charge in [-0.15, -0.1) is 0 Å². The van der Waals surface area contributed by atoms with Gasteiger partial charge in [-0.1, -0.05) is 49.9 Å². The van der Waals surface area contributed by atoms with Crippen LogP contribution < -0.4 is 10.5 Å². The highest BCUT2D eigenvalue weighted by atomic mass is 32.2. The summed E-state index contributed by atoms with van der Waals surface area (Å²) in [5.41, 5.74) is 10.2. The first-order valence-electron chi connectivity index (χ1n) is 12.5. The second-order valence-electron chi connectivity index (χ2n) is 9.25. The van der Waals surface area contributed by atoms with Crippen LogP contribution in [0.15, 0.2) is 88.5 Å². The highest BCUT2D eigenvalue weighted by Gasteiger charge is 2.37. The molecule has 3 aromatic rings. The van der Waals surface area contributed by atoms with Crippen molar-refractivity contribution < 1.29 is 19.0 Å². The van der Waals surface area contributed by atoms with E-state index in [9.17, 15) is 15.3 Å². The third-order valence-electron chi connectivity index (χ3n) is 6.55. The van der Waals surface area contributed by atoms with E-state index in [4.69, 9.17) is 24.9 Å². The van der Waals surface area contributed by atoms with Crippen LogP contribution in [0.4, 0.5) is 0 Å². The Hall–Kier alpha value is -4.73. The first-order valence-corrected chi connectivity index (χ1v) is 13.5. The molecular weight excluding hydrogens is 524 g/mol. The molecule has 202 valence electrons. The maximum atomic E-state index is 13.1. The number of nitrogens with zero attached hydrogens (tertiary/aromatic N) is 3. The maximum absolute atomic E-state index is 13.1. The molecule has 0 spiro atoms. The zero-order valence-corrected chi connectivity index (χ0v) is 23.4. The van der Waals surface area contributed by atoms with E-state index in [0.717, 1.165) is 16.9 Å². The smallest absolute Gasteiger partial charge is 0.338 e. The topological polar surface area (TPSA) is 131 Å². The minimum absolute atomic E-state index is 0.0795. The van der Waals surface area contributed by atoms with E-state index in [-0.39, 0.29) is 28.5 Å². The lowest BCUT2D eigenvalue weighted by atomic mass is 9.82. The lowest BCUT2D eigenvalue weighted by Crippen LogP contribution is -2.26. The number of nitriles is 2. The molecule has 0 radical (unpaired) electrons. The molecule has 0 amide bonds. The van der Waals surface area contributed by atoms with E-state index in [2.05, 4.69) is 26.0 Å². The Morgan fingerprint density at radius 1 is 1.05 bits per heavy atom. The van der Waals surface area contributed by atoms with Crippen LogP contribution in [0.3, 0.4) is 0 Å². The van der Waals surface area contributed by atoms with Crippen molar-refractivity contribution in [3.63, 3.8) is 0 Å². The minimum Gasteiger partial charge on any atom is -0.497 e. The average Bonchev–Trinajstić information content (AvgIpc) is 2.99.